The van der Waals surface area contributed by atoms with E-state index in [9.17, 15) is 0 Å². The van der Waals surface area contributed by atoms with Crippen LogP contribution in [-0.4, -0.2) is 36.9 Å². The molecule has 2 N–H and O–H groups in total. The van der Waals surface area contributed by atoms with Crippen LogP contribution in [0.5, 0.6) is 11.5 Å². The lowest BCUT2D eigenvalue weighted by molar-refractivity contribution is 0.153. The van der Waals surface area contributed by atoms with Gasteiger partial charge in [-0.25, -0.2) is 4.99 Å². The number of nitrogens with two attached hydrogens (primary N) is 1. The Labute approximate surface area is 133 Å². The van der Waals surface area contributed by atoms with Gasteiger partial charge in [0.05, 0.1) is 7.11 Å². The van der Waals surface area contributed by atoms with Crippen molar-refractivity contribution < 1.29 is 14.2 Å². The molecule has 0 aliphatic carbocycles. The molecule has 3 heterocycles. The number of pyridine rings is 1. The molecule has 4 rings (SSSR count). The van der Waals surface area contributed by atoms with Gasteiger partial charge in [0, 0.05) is 24.4 Å². The lowest BCUT2D eigenvalue weighted by Crippen LogP contribution is -2.41. The molecule has 0 saturated carbocycles. The number of nitrogens with zero attached hydrogens (tertiary/aromatic N) is 2. The first kappa shape index (κ1) is 13.9. The first-order chi connectivity index (χ1) is 11.2. The number of amidine groups is 1. The van der Waals surface area contributed by atoms with Crippen LogP contribution >= 0.6 is 0 Å². The normalized spacial score (nSPS) is 22.0. The van der Waals surface area contributed by atoms with Crippen molar-refractivity contribution in [2.24, 2.45) is 10.7 Å². The molecule has 0 fully saturated rings. The molecule has 6 nitrogen and oxygen atoms in total. The van der Waals surface area contributed by atoms with Crippen LogP contribution in [0.25, 0.3) is 11.1 Å². The van der Waals surface area contributed by atoms with Crippen molar-refractivity contribution in [1.29, 1.82) is 0 Å². The summed E-state index contributed by atoms with van der Waals surface area (Å²) in [4.78, 5) is 8.62. The zero-order chi connectivity index (χ0) is 15.9. The van der Waals surface area contributed by atoms with E-state index in [1.54, 1.807) is 19.5 Å². The molecule has 2 aliphatic heterocycles. The molecule has 0 bridgehead atoms. The highest BCUT2D eigenvalue weighted by molar-refractivity contribution is 5.74. The van der Waals surface area contributed by atoms with Crippen LogP contribution < -0.4 is 15.2 Å². The number of aliphatic imine (C=N–C) groups is 1. The number of rotatable bonds is 2. The van der Waals surface area contributed by atoms with Gasteiger partial charge in [-0.3, -0.25) is 4.98 Å². The monoisotopic (exact) mass is 311 g/mol. The summed E-state index contributed by atoms with van der Waals surface area (Å²) in [5.41, 5.74) is 8.32. The molecule has 1 unspecified atom stereocenters. The Morgan fingerprint density at radius 3 is 2.87 bits per heavy atom. The maximum Gasteiger partial charge on any atom is 0.282 e. The van der Waals surface area contributed by atoms with Crippen LogP contribution in [-0.2, 0) is 11.2 Å². The standard InChI is InChI=1S/C17H17N3O3/c1-21-15-4-5-19-8-13(15)11-2-3-14-12(6-11)7-17(9-22-14)10-23-16(18)20-17/h2-6,8H,7,9-10H2,1H3,(H2,18,20). The third-order valence-electron chi connectivity index (χ3n) is 4.22. The van der Waals surface area contributed by atoms with Crippen LogP contribution in [0.2, 0.25) is 0 Å². The minimum atomic E-state index is -0.408. The van der Waals surface area contributed by atoms with E-state index in [0.29, 0.717) is 13.2 Å². The summed E-state index contributed by atoms with van der Waals surface area (Å²) in [5.74, 6) is 1.67. The van der Waals surface area contributed by atoms with E-state index >= 15 is 0 Å². The van der Waals surface area contributed by atoms with Gasteiger partial charge in [-0.05, 0) is 29.3 Å². The molecular formula is C17H17N3O3. The average Bonchev–Trinajstić information content (AvgIpc) is 2.94. The van der Waals surface area contributed by atoms with Crippen LogP contribution in [0.15, 0.2) is 41.7 Å². The van der Waals surface area contributed by atoms with Gasteiger partial charge in [0.25, 0.3) is 6.02 Å². The molecule has 1 aromatic carbocycles. The Kier molecular flexibility index (Phi) is 3.11. The van der Waals surface area contributed by atoms with Gasteiger partial charge in [-0.2, -0.15) is 0 Å². The third-order valence-corrected chi connectivity index (χ3v) is 4.22. The predicted molar refractivity (Wildman–Crippen MR) is 85.7 cm³/mol. The largest absolute Gasteiger partial charge is 0.496 e. The van der Waals surface area contributed by atoms with Crippen molar-refractivity contribution in [3.05, 3.63) is 42.2 Å². The van der Waals surface area contributed by atoms with Gasteiger partial charge in [0.2, 0.25) is 0 Å². The zero-order valence-corrected chi connectivity index (χ0v) is 12.8. The fourth-order valence-corrected chi connectivity index (χ4v) is 3.09. The Morgan fingerprint density at radius 2 is 2.09 bits per heavy atom. The minimum Gasteiger partial charge on any atom is -0.496 e. The summed E-state index contributed by atoms with van der Waals surface area (Å²) < 4.78 is 16.6. The minimum absolute atomic E-state index is 0.238. The van der Waals surface area contributed by atoms with E-state index in [4.69, 9.17) is 19.9 Å². The molecule has 118 valence electrons. The lowest BCUT2D eigenvalue weighted by atomic mass is 9.89. The van der Waals surface area contributed by atoms with Gasteiger partial charge in [0.15, 0.2) is 0 Å². The molecule has 1 aromatic heterocycles. The molecule has 0 amide bonds. The summed E-state index contributed by atoms with van der Waals surface area (Å²) in [5, 5.41) is 0. The van der Waals surface area contributed by atoms with Gasteiger partial charge in [-0.15, -0.1) is 0 Å². The quantitative estimate of drug-likeness (QED) is 0.914. The number of hydrogen-bond acceptors (Lipinski definition) is 6. The summed E-state index contributed by atoms with van der Waals surface area (Å²) >= 11 is 0. The highest BCUT2D eigenvalue weighted by Gasteiger charge is 2.41. The molecule has 1 spiro atoms. The number of ether oxygens (including phenoxy) is 3. The fraction of sp³-hybridized carbons (Fsp3) is 0.294. The average molecular weight is 311 g/mol. The first-order valence-electron chi connectivity index (χ1n) is 7.41. The Hall–Kier alpha value is -2.76. The van der Waals surface area contributed by atoms with E-state index < -0.39 is 5.54 Å². The molecular weight excluding hydrogens is 294 g/mol. The molecule has 1 atom stereocenters. The lowest BCUT2D eigenvalue weighted by Gasteiger charge is -2.30. The van der Waals surface area contributed by atoms with Crippen molar-refractivity contribution >= 4 is 6.02 Å². The zero-order valence-electron chi connectivity index (χ0n) is 12.8. The molecule has 0 radical (unpaired) electrons. The number of fused-ring (bicyclic) bond motifs is 1. The number of aromatic nitrogens is 1. The molecule has 2 aromatic rings. The van der Waals surface area contributed by atoms with E-state index in [2.05, 4.69) is 16.0 Å². The van der Waals surface area contributed by atoms with Crippen molar-refractivity contribution in [2.45, 2.75) is 12.0 Å². The van der Waals surface area contributed by atoms with Crippen LogP contribution in [0.3, 0.4) is 0 Å². The van der Waals surface area contributed by atoms with Gasteiger partial charge in [-0.1, -0.05) is 6.07 Å². The maximum absolute atomic E-state index is 5.87. The van der Waals surface area contributed by atoms with Crippen molar-refractivity contribution in [2.75, 3.05) is 20.3 Å². The summed E-state index contributed by atoms with van der Waals surface area (Å²) in [6, 6.07) is 8.18. The van der Waals surface area contributed by atoms with Gasteiger partial charge < -0.3 is 19.9 Å². The van der Waals surface area contributed by atoms with E-state index in [1.165, 1.54) is 0 Å². The highest BCUT2D eigenvalue weighted by Crippen LogP contribution is 2.38. The Bertz CT molecular complexity index is 790. The summed E-state index contributed by atoms with van der Waals surface area (Å²) in [6.45, 7) is 0.939. The number of benzene rings is 1. The van der Waals surface area contributed by atoms with E-state index in [0.717, 1.165) is 34.6 Å². The maximum atomic E-state index is 5.87. The summed E-state index contributed by atoms with van der Waals surface area (Å²) in [6.07, 6.45) is 4.25. The molecule has 6 heteroatoms. The third kappa shape index (κ3) is 2.36. The summed E-state index contributed by atoms with van der Waals surface area (Å²) in [7, 11) is 1.66. The van der Waals surface area contributed by atoms with Crippen molar-refractivity contribution in [3.63, 3.8) is 0 Å². The van der Waals surface area contributed by atoms with Crippen molar-refractivity contribution in [3.8, 4) is 22.6 Å². The second-order valence-corrected chi connectivity index (χ2v) is 5.83. The topological polar surface area (TPSA) is 79.0 Å². The Balaban J connectivity index is 1.73. The second kappa shape index (κ2) is 5.15. The predicted octanol–water partition coefficient (Wildman–Crippen LogP) is 1.78. The fourth-order valence-electron chi connectivity index (χ4n) is 3.09. The highest BCUT2D eigenvalue weighted by atomic mass is 16.5. The number of hydrogen-bond donors (Lipinski definition) is 1. The Morgan fingerprint density at radius 1 is 1.22 bits per heavy atom. The molecule has 23 heavy (non-hydrogen) atoms. The smallest absolute Gasteiger partial charge is 0.282 e. The first-order valence-corrected chi connectivity index (χ1v) is 7.41. The second-order valence-electron chi connectivity index (χ2n) is 5.83. The van der Waals surface area contributed by atoms with E-state index in [-0.39, 0.29) is 6.02 Å². The van der Waals surface area contributed by atoms with Crippen LogP contribution in [0.4, 0.5) is 0 Å². The van der Waals surface area contributed by atoms with Crippen LogP contribution in [0, 0.1) is 0 Å². The van der Waals surface area contributed by atoms with E-state index in [1.807, 2.05) is 18.2 Å². The van der Waals surface area contributed by atoms with Crippen molar-refractivity contribution in [1.82, 2.24) is 4.98 Å². The molecule has 2 aliphatic rings. The number of methoxy groups -OCH3 is 1. The van der Waals surface area contributed by atoms with Gasteiger partial charge in [0.1, 0.15) is 30.3 Å². The molecule has 0 saturated heterocycles. The van der Waals surface area contributed by atoms with Crippen LogP contribution in [0.1, 0.15) is 5.56 Å². The van der Waals surface area contributed by atoms with Gasteiger partial charge >= 0.3 is 0 Å². The SMILES string of the molecule is COc1ccncc1-c1ccc2c(c1)CC1(COC(N)=N1)CO2.